The topological polar surface area (TPSA) is 20.2 Å². The molecule has 0 spiro atoms. The summed E-state index contributed by atoms with van der Waals surface area (Å²) in [5.41, 5.74) is 1.31. The van der Waals surface area contributed by atoms with E-state index in [4.69, 9.17) is 0 Å². The van der Waals surface area contributed by atoms with Gasteiger partial charge in [0.2, 0.25) is 0 Å². The number of rotatable bonds is 2. The van der Waals surface area contributed by atoms with Crippen molar-refractivity contribution in [2.75, 3.05) is 0 Å². The molecule has 0 saturated heterocycles. The van der Waals surface area contributed by atoms with E-state index in [1.54, 1.807) is 0 Å². The molecule has 1 nitrogen and oxygen atoms in total. The van der Waals surface area contributed by atoms with E-state index in [2.05, 4.69) is 24.3 Å². The SMILES string of the molecule is O[C@H]1CCC=C[C@@H]1Cc1ccccc1. The third kappa shape index (κ3) is 2.24. The summed E-state index contributed by atoms with van der Waals surface area (Å²) in [4.78, 5) is 0. The summed E-state index contributed by atoms with van der Waals surface area (Å²) in [6.45, 7) is 0. The van der Waals surface area contributed by atoms with E-state index in [1.807, 2.05) is 18.2 Å². The maximum absolute atomic E-state index is 9.78. The van der Waals surface area contributed by atoms with Gasteiger partial charge in [-0.15, -0.1) is 0 Å². The number of benzene rings is 1. The minimum Gasteiger partial charge on any atom is -0.392 e. The molecule has 1 aromatic carbocycles. The summed E-state index contributed by atoms with van der Waals surface area (Å²) in [6.07, 6.45) is 7.07. The molecule has 1 aliphatic rings. The second-order valence-corrected chi connectivity index (χ2v) is 3.93. The molecule has 0 bridgehead atoms. The first-order valence-corrected chi connectivity index (χ1v) is 5.25. The first-order chi connectivity index (χ1) is 6.86. The van der Waals surface area contributed by atoms with Crippen LogP contribution in [-0.4, -0.2) is 11.2 Å². The maximum Gasteiger partial charge on any atom is 0.0608 e. The number of hydrogen-bond acceptors (Lipinski definition) is 1. The Hall–Kier alpha value is -1.08. The minimum absolute atomic E-state index is 0.153. The van der Waals surface area contributed by atoms with Gasteiger partial charge in [-0.05, 0) is 24.8 Å². The predicted molar refractivity (Wildman–Crippen MR) is 58.0 cm³/mol. The summed E-state index contributed by atoms with van der Waals surface area (Å²) in [5.74, 6) is 0.311. The molecule has 0 unspecified atom stereocenters. The summed E-state index contributed by atoms with van der Waals surface area (Å²) in [5, 5.41) is 9.78. The van der Waals surface area contributed by atoms with Crippen molar-refractivity contribution in [1.82, 2.24) is 0 Å². The third-order valence-electron chi connectivity index (χ3n) is 2.82. The second-order valence-electron chi connectivity index (χ2n) is 3.93. The van der Waals surface area contributed by atoms with Crippen LogP contribution in [0.4, 0.5) is 0 Å². The average Bonchev–Trinajstić information content (AvgIpc) is 2.23. The smallest absolute Gasteiger partial charge is 0.0608 e. The quantitative estimate of drug-likeness (QED) is 0.707. The van der Waals surface area contributed by atoms with Crippen molar-refractivity contribution in [3.63, 3.8) is 0 Å². The van der Waals surface area contributed by atoms with E-state index >= 15 is 0 Å². The third-order valence-corrected chi connectivity index (χ3v) is 2.82. The number of hydrogen-bond donors (Lipinski definition) is 1. The first-order valence-electron chi connectivity index (χ1n) is 5.25. The van der Waals surface area contributed by atoms with Crippen molar-refractivity contribution >= 4 is 0 Å². The zero-order chi connectivity index (χ0) is 9.80. The van der Waals surface area contributed by atoms with Crippen LogP contribution < -0.4 is 0 Å². The molecule has 0 heterocycles. The molecule has 0 radical (unpaired) electrons. The van der Waals surface area contributed by atoms with Crippen LogP contribution in [0.15, 0.2) is 42.5 Å². The van der Waals surface area contributed by atoms with Crippen LogP contribution in [0, 0.1) is 5.92 Å². The Morgan fingerprint density at radius 3 is 2.71 bits per heavy atom. The fourth-order valence-electron chi connectivity index (χ4n) is 1.97. The Kier molecular flexibility index (Phi) is 3.00. The Balaban J connectivity index is 2.03. The average molecular weight is 188 g/mol. The van der Waals surface area contributed by atoms with Gasteiger partial charge in [0.15, 0.2) is 0 Å². The van der Waals surface area contributed by atoms with Gasteiger partial charge in [-0.25, -0.2) is 0 Å². The van der Waals surface area contributed by atoms with Crippen molar-refractivity contribution in [2.45, 2.75) is 25.4 Å². The van der Waals surface area contributed by atoms with Gasteiger partial charge in [-0.3, -0.25) is 0 Å². The molecule has 14 heavy (non-hydrogen) atoms. The summed E-state index contributed by atoms with van der Waals surface area (Å²) < 4.78 is 0. The van der Waals surface area contributed by atoms with Crippen molar-refractivity contribution in [3.8, 4) is 0 Å². The lowest BCUT2D eigenvalue weighted by atomic mass is 9.87. The van der Waals surface area contributed by atoms with Gasteiger partial charge in [-0.2, -0.15) is 0 Å². The molecule has 74 valence electrons. The van der Waals surface area contributed by atoms with Crippen molar-refractivity contribution < 1.29 is 5.11 Å². The van der Waals surface area contributed by atoms with Crippen LogP contribution in [0.2, 0.25) is 0 Å². The van der Waals surface area contributed by atoms with E-state index < -0.39 is 0 Å². The van der Waals surface area contributed by atoms with Gasteiger partial charge in [-0.1, -0.05) is 42.5 Å². The van der Waals surface area contributed by atoms with Crippen LogP contribution in [0.1, 0.15) is 18.4 Å². The molecule has 1 N–H and O–H groups in total. The molecule has 2 atom stereocenters. The standard InChI is InChI=1S/C13H16O/c14-13-9-5-4-8-12(13)10-11-6-2-1-3-7-11/h1-4,6-8,12-14H,5,9-10H2/t12-,13+/m1/s1. The first kappa shape index (κ1) is 9.47. The Labute approximate surface area is 85.1 Å². The van der Waals surface area contributed by atoms with Gasteiger partial charge in [0.25, 0.3) is 0 Å². The molecule has 0 aromatic heterocycles. The van der Waals surface area contributed by atoms with Gasteiger partial charge in [0.1, 0.15) is 0 Å². The van der Waals surface area contributed by atoms with Crippen LogP contribution >= 0.6 is 0 Å². The number of allylic oxidation sites excluding steroid dienone is 1. The normalized spacial score (nSPS) is 26.4. The second kappa shape index (κ2) is 4.43. The van der Waals surface area contributed by atoms with Crippen LogP contribution in [0.25, 0.3) is 0 Å². The Bertz CT molecular complexity index is 302. The van der Waals surface area contributed by atoms with Crippen LogP contribution in [0.3, 0.4) is 0 Å². The van der Waals surface area contributed by atoms with E-state index in [0.717, 1.165) is 19.3 Å². The highest BCUT2D eigenvalue weighted by Gasteiger charge is 2.18. The minimum atomic E-state index is -0.153. The molecule has 2 rings (SSSR count). The summed E-state index contributed by atoms with van der Waals surface area (Å²) >= 11 is 0. The fraction of sp³-hybridized carbons (Fsp3) is 0.385. The summed E-state index contributed by atoms with van der Waals surface area (Å²) in [7, 11) is 0. The molecule has 0 fully saturated rings. The van der Waals surface area contributed by atoms with E-state index in [1.165, 1.54) is 5.56 Å². The maximum atomic E-state index is 9.78. The molecule has 1 aliphatic carbocycles. The molecular weight excluding hydrogens is 172 g/mol. The number of aliphatic hydroxyl groups excluding tert-OH is 1. The van der Waals surface area contributed by atoms with E-state index in [0.29, 0.717) is 5.92 Å². The molecule has 0 amide bonds. The lowest BCUT2D eigenvalue weighted by molar-refractivity contribution is 0.116. The lowest BCUT2D eigenvalue weighted by Crippen LogP contribution is -2.22. The molecule has 0 saturated carbocycles. The molecular formula is C13H16O. The largest absolute Gasteiger partial charge is 0.392 e. The predicted octanol–water partition coefficient (Wildman–Crippen LogP) is 2.56. The van der Waals surface area contributed by atoms with Gasteiger partial charge >= 0.3 is 0 Å². The highest BCUT2D eigenvalue weighted by Crippen LogP contribution is 2.21. The van der Waals surface area contributed by atoms with Crippen LogP contribution in [0.5, 0.6) is 0 Å². The zero-order valence-corrected chi connectivity index (χ0v) is 8.26. The number of aliphatic hydroxyl groups is 1. The van der Waals surface area contributed by atoms with E-state index in [-0.39, 0.29) is 6.10 Å². The van der Waals surface area contributed by atoms with Crippen molar-refractivity contribution in [3.05, 3.63) is 48.0 Å². The zero-order valence-electron chi connectivity index (χ0n) is 8.26. The summed E-state index contributed by atoms with van der Waals surface area (Å²) in [6, 6.07) is 10.4. The molecule has 1 aromatic rings. The monoisotopic (exact) mass is 188 g/mol. The van der Waals surface area contributed by atoms with Gasteiger partial charge in [0.05, 0.1) is 6.10 Å². The van der Waals surface area contributed by atoms with Gasteiger partial charge < -0.3 is 5.11 Å². The van der Waals surface area contributed by atoms with Crippen molar-refractivity contribution in [2.24, 2.45) is 5.92 Å². The highest BCUT2D eigenvalue weighted by molar-refractivity contribution is 5.17. The van der Waals surface area contributed by atoms with E-state index in [9.17, 15) is 5.11 Å². The Morgan fingerprint density at radius 2 is 2.00 bits per heavy atom. The van der Waals surface area contributed by atoms with Gasteiger partial charge in [0, 0.05) is 5.92 Å². The fourth-order valence-corrected chi connectivity index (χ4v) is 1.97. The van der Waals surface area contributed by atoms with Crippen LogP contribution in [-0.2, 0) is 6.42 Å². The molecule has 0 aliphatic heterocycles. The Morgan fingerprint density at radius 1 is 1.21 bits per heavy atom. The van der Waals surface area contributed by atoms with Crippen molar-refractivity contribution in [1.29, 1.82) is 0 Å². The lowest BCUT2D eigenvalue weighted by Gasteiger charge is -2.22. The molecule has 1 heteroatoms. The highest BCUT2D eigenvalue weighted by atomic mass is 16.3.